The molecule has 0 aliphatic heterocycles. The maximum Gasteiger partial charge on any atom is 0.433 e. The monoisotopic (exact) mass is 315 g/mol. The summed E-state index contributed by atoms with van der Waals surface area (Å²) in [5.41, 5.74) is 3.96. The topological polar surface area (TPSA) is 97.7 Å². The van der Waals surface area contributed by atoms with Gasteiger partial charge in [0.25, 0.3) is 5.91 Å². The molecule has 1 aromatic heterocycles. The summed E-state index contributed by atoms with van der Waals surface area (Å²) in [6, 6.07) is 9.86. The first-order valence-corrected chi connectivity index (χ1v) is 6.95. The number of carbonyl (C=O) groups excluding carboxylic acids is 1. The zero-order valence-corrected chi connectivity index (χ0v) is 13.1. The second-order valence-electron chi connectivity index (χ2n) is 5.96. The third kappa shape index (κ3) is 4.26. The Balaban J connectivity index is 1.98. The van der Waals surface area contributed by atoms with Crippen LogP contribution in [0.4, 0.5) is 5.88 Å². The van der Waals surface area contributed by atoms with E-state index in [9.17, 15) is 14.9 Å². The zero-order chi connectivity index (χ0) is 17.0. The molecule has 0 saturated heterocycles. The van der Waals surface area contributed by atoms with Gasteiger partial charge in [-0.2, -0.15) is 5.10 Å². The van der Waals surface area contributed by atoms with Gasteiger partial charge in [-0.1, -0.05) is 32.9 Å². The van der Waals surface area contributed by atoms with Gasteiger partial charge in [0, 0.05) is 5.56 Å². The lowest BCUT2D eigenvalue weighted by molar-refractivity contribution is -0.402. The summed E-state index contributed by atoms with van der Waals surface area (Å²) in [5.74, 6) is -0.571. The fourth-order valence-electron chi connectivity index (χ4n) is 1.85. The summed E-state index contributed by atoms with van der Waals surface area (Å²) in [6.07, 6.45) is 1.20. The van der Waals surface area contributed by atoms with Crippen molar-refractivity contribution in [3.05, 3.63) is 63.4 Å². The third-order valence-corrected chi connectivity index (χ3v) is 3.16. The van der Waals surface area contributed by atoms with Gasteiger partial charge in [0.15, 0.2) is 5.76 Å². The van der Waals surface area contributed by atoms with Crippen molar-refractivity contribution >= 4 is 18.0 Å². The van der Waals surface area contributed by atoms with E-state index >= 15 is 0 Å². The summed E-state index contributed by atoms with van der Waals surface area (Å²) in [7, 11) is 0. The van der Waals surface area contributed by atoms with E-state index in [4.69, 9.17) is 4.42 Å². The molecule has 0 saturated carbocycles. The number of nitro groups is 1. The number of furan rings is 1. The molecule has 1 aromatic carbocycles. The molecule has 7 nitrogen and oxygen atoms in total. The van der Waals surface area contributed by atoms with Crippen molar-refractivity contribution in [1.82, 2.24) is 5.43 Å². The van der Waals surface area contributed by atoms with Gasteiger partial charge in [0.05, 0.1) is 12.3 Å². The molecule has 1 heterocycles. The fourth-order valence-corrected chi connectivity index (χ4v) is 1.85. The molecule has 0 unspecified atom stereocenters. The van der Waals surface area contributed by atoms with E-state index in [1.165, 1.54) is 18.3 Å². The van der Waals surface area contributed by atoms with Crippen LogP contribution in [0.25, 0.3) is 0 Å². The number of benzene rings is 1. The highest BCUT2D eigenvalue weighted by Crippen LogP contribution is 2.22. The number of hydrazone groups is 1. The van der Waals surface area contributed by atoms with Crippen molar-refractivity contribution < 1.29 is 14.1 Å². The summed E-state index contributed by atoms with van der Waals surface area (Å²) >= 11 is 0. The summed E-state index contributed by atoms with van der Waals surface area (Å²) < 4.78 is 4.89. The number of carbonyl (C=O) groups is 1. The van der Waals surface area contributed by atoms with Crippen LogP contribution in [-0.4, -0.2) is 17.0 Å². The van der Waals surface area contributed by atoms with E-state index in [1.807, 2.05) is 12.1 Å². The van der Waals surface area contributed by atoms with Gasteiger partial charge in [-0.05, 0) is 29.2 Å². The van der Waals surface area contributed by atoms with Crippen molar-refractivity contribution in [2.24, 2.45) is 5.10 Å². The summed E-state index contributed by atoms with van der Waals surface area (Å²) in [5, 5.41) is 14.2. The molecular formula is C16H17N3O4. The Morgan fingerprint density at radius 3 is 2.39 bits per heavy atom. The Morgan fingerprint density at radius 1 is 1.22 bits per heavy atom. The highest BCUT2D eigenvalue weighted by molar-refractivity contribution is 5.94. The van der Waals surface area contributed by atoms with Crippen LogP contribution < -0.4 is 5.43 Å². The molecule has 1 N–H and O–H groups in total. The van der Waals surface area contributed by atoms with Gasteiger partial charge in [-0.25, -0.2) is 5.43 Å². The number of rotatable bonds is 4. The number of nitrogens with zero attached hydrogens (tertiary/aromatic N) is 2. The molecule has 1 amide bonds. The SMILES string of the molecule is CC(C)(C)c1ccc(C(=O)N/N=C\c2ccc([N+](=O)[O-])o2)cc1. The third-order valence-electron chi connectivity index (χ3n) is 3.16. The van der Waals surface area contributed by atoms with Crippen LogP contribution >= 0.6 is 0 Å². The first-order chi connectivity index (χ1) is 10.8. The van der Waals surface area contributed by atoms with Crippen molar-refractivity contribution in [3.8, 4) is 0 Å². The Hall–Kier alpha value is -2.96. The predicted molar refractivity (Wildman–Crippen MR) is 85.6 cm³/mol. The van der Waals surface area contributed by atoms with Gasteiger partial charge >= 0.3 is 5.88 Å². The molecule has 0 radical (unpaired) electrons. The van der Waals surface area contributed by atoms with E-state index < -0.39 is 4.92 Å². The quantitative estimate of drug-likeness (QED) is 0.532. The van der Waals surface area contributed by atoms with Crippen LogP contribution in [0.3, 0.4) is 0 Å². The van der Waals surface area contributed by atoms with Crippen LogP contribution in [0.2, 0.25) is 0 Å². The molecule has 7 heteroatoms. The molecule has 0 bridgehead atoms. The largest absolute Gasteiger partial charge is 0.433 e. The molecular weight excluding hydrogens is 298 g/mol. The van der Waals surface area contributed by atoms with E-state index in [0.29, 0.717) is 5.56 Å². The second kappa shape index (κ2) is 6.43. The molecule has 23 heavy (non-hydrogen) atoms. The number of nitrogens with one attached hydrogen (secondary N) is 1. The van der Waals surface area contributed by atoms with E-state index in [-0.39, 0.29) is 23.0 Å². The van der Waals surface area contributed by atoms with E-state index in [2.05, 4.69) is 31.3 Å². The first-order valence-electron chi connectivity index (χ1n) is 6.95. The molecule has 0 aliphatic rings. The first kappa shape index (κ1) is 16.4. The second-order valence-corrected chi connectivity index (χ2v) is 5.96. The normalized spacial score (nSPS) is 11.6. The maximum atomic E-state index is 11.9. The molecule has 0 aliphatic carbocycles. The molecule has 0 spiro atoms. The van der Waals surface area contributed by atoms with Crippen LogP contribution in [0.1, 0.15) is 42.5 Å². The number of hydrogen-bond donors (Lipinski definition) is 1. The molecule has 0 fully saturated rings. The van der Waals surface area contributed by atoms with Crippen molar-refractivity contribution in [1.29, 1.82) is 0 Å². The average Bonchev–Trinajstić information content (AvgIpc) is 2.95. The van der Waals surface area contributed by atoms with Gasteiger partial charge in [0.2, 0.25) is 0 Å². The smallest absolute Gasteiger partial charge is 0.400 e. The van der Waals surface area contributed by atoms with Gasteiger partial charge in [0.1, 0.15) is 4.92 Å². The number of hydrogen-bond acceptors (Lipinski definition) is 5. The minimum atomic E-state index is -0.646. The average molecular weight is 315 g/mol. The maximum absolute atomic E-state index is 11.9. The molecule has 120 valence electrons. The van der Waals surface area contributed by atoms with Gasteiger partial charge < -0.3 is 4.42 Å². The van der Waals surface area contributed by atoms with Crippen molar-refractivity contribution in [2.75, 3.05) is 0 Å². The predicted octanol–water partition coefficient (Wildman–Crippen LogP) is 3.25. The van der Waals surface area contributed by atoms with Crippen LogP contribution in [0.5, 0.6) is 0 Å². The summed E-state index contributed by atoms with van der Waals surface area (Å²) in [6.45, 7) is 6.28. The Bertz CT molecular complexity index is 739. The lowest BCUT2D eigenvalue weighted by Crippen LogP contribution is -2.18. The molecule has 0 atom stereocenters. The minimum Gasteiger partial charge on any atom is -0.400 e. The fraction of sp³-hybridized carbons (Fsp3) is 0.250. The molecule has 2 rings (SSSR count). The highest BCUT2D eigenvalue weighted by Gasteiger charge is 2.14. The zero-order valence-electron chi connectivity index (χ0n) is 13.1. The minimum absolute atomic E-state index is 0.0150. The number of amides is 1. The Labute approximate surface area is 133 Å². The van der Waals surface area contributed by atoms with Crippen LogP contribution in [0.15, 0.2) is 45.9 Å². The Morgan fingerprint density at radius 2 is 1.87 bits per heavy atom. The standard InChI is InChI=1S/C16H17N3O4/c1-16(2,3)12-6-4-11(5-7-12)15(20)18-17-10-13-8-9-14(23-13)19(21)22/h4-10H,1-3H3,(H,18,20)/b17-10-. The van der Waals surface area contributed by atoms with E-state index in [1.54, 1.807) is 12.1 Å². The van der Waals surface area contributed by atoms with Gasteiger partial charge in [-0.15, -0.1) is 0 Å². The highest BCUT2D eigenvalue weighted by atomic mass is 16.6. The Kier molecular flexibility index (Phi) is 4.59. The van der Waals surface area contributed by atoms with Crippen molar-refractivity contribution in [3.63, 3.8) is 0 Å². The van der Waals surface area contributed by atoms with Crippen molar-refractivity contribution in [2.45, 2.75) is 26.2 Å². The van der Waals surface area contributed by atoms with Gasteiger partial charge in [-0.3, -0.25) is 14.9 Å². The van der Waals surface area contributed by atoms with Crippen LogP contribution in [0, 0.1) is 10.1 Å². The summed E-state index contributed by atoms with van der Waals surface area (Å²) in [4.78, 5) is 21.8. The molecule has 2 aromatic rings. The lowest BCUT2D eigenvalue weighted by atomic mass is 9.87. The van der Waals surface area contributed by atoms with E-state index in [0.717, 1.165) is 5.56 Å². The lowest BCUT2D eigenvalue weighted by Gasteiger charge is -2.18. The van der Waals surface area contributed by atoms with Crippen LogP contribution in [-0.2, 0) is 5.41 Å².